The highest BCUT2D eigenvalue weighted by Gasteiger charge is 2.35. The standard InChI is InChI=1S/C17H31ClN2O4/c1-6-19(14(21)13(2)18)12-17(23)8-7-10-20(11-9-17)15(22)24-16(3,4)5/h13,23H,6-12H2,1-5H3. The molecule has 6 nitrogen and oxygen atoms in total. The molecule has 0 aliphatic carbocycles. The first-order chi connectivity index (χ1) is 11.0. The van der Waals surface area contributed by atoms with E-state index < -0.39 is 16.6 Å². The molecule has 2 unspecified atom stereocenters. The highest BCUT2D eigenvalue weighted by atomic mass is 35.5. The van der Waals surface area contributed by atoms with E-state index >= 15 is 0 Å². The number of carbonyl (C=O) groups is 2. The lowest BCUT2D eigenvalue weighted by Gasteiger charge is -2.34. The third kappa shape index (κ3) is 6.48. The zero-order chi connectivity index (χ0) is 18.5. The molecule has 24 heavy (non-hydrogen) atoms. The summed E-state index contributed by atoms with van der Waals surface area (Å²) >= 11 is 5.88. The number of hydrogen-bond donors (Lipinski definition) is 1. The summed E-state index contributed by atoms with van der Waals surface area (Å²) in [5.74, 6) is -0.180. The number of rotatable bonds is 4. The Bertz CT molecular complexity index is 450. The van der Waals surface area contributed by atoms with E-state index in [0.717, 1.165) is 0 Å². The van der Waals surface area contributed by atoms with Gasteiger partial charge in [-0.3, -0.25) is 4.79 Å². The minimum atomic E-state index is -1.01. The van der Waals surface area contributed by atoms with E-state index in [4.69, 9.17) is 16.3 Å². The molecule has 140 valence electrons. The molecule has 7 heteroatoms. The lowest BCUT2D eigenvalue weighted by atomic mass is 9.94. The second kappa shape index (κ2) is 8.39. The Morgan fingerprint density at radius 1 is 1.33 bits per heavy atom. The molecule has 0 aromatic rings. The van der Waals surface area contributed by atoms with Gasteiger partial charge < -0.3 is 19.6 Å². The number of likely N-dealkylation sites (N-methyl/N-ethyl adjacent to an activating group) is 1. The van der Waals surface area contributed by atoms with Crippen LogP contribution in [0.3, 0.4) is 0 Å². The lowest BCUT2D eigenvalue weighted by molar-refractivity contribution is -0.134. The molecule has 2 amide bonds. The smallest absolute Gasteiger partial charge is 0.410 e. The monoisotopic (exact) mass is 362 g/mol. The summed E-state index contributed by atoms with van der Waals surface area (Å²) < 4.78 is 5.40. The molecule has 0 aromatic heterocycles. The molecule has 1 rings (SSSR count). The molecule has 1 heterocycles. The molecule has 0 radical (unpaired) electrons. The van der Waals surface area contributed by atoms with Crippen LogP contribution < -0.4 is 0 Å². The van der Waals surface area contributed by atoms with Crippen LogP contribution in [0, 0.1) is 0 Å². The third-order valence-corrected chi connectivity index (χ3v) is 4.27. The number of nitrogens with zero attached hydrogens (tertiary/aromatic N) is 2. The van der Waals surface area contributed by atoms with Gasteiger partial charge >= 0.3 is 6.09 Å². The van der Waals surface area contributed by atoms with Gasteiger partial charge in [0.15, 0.2) is 0 Å². The van der Waals surface area contributed by atoms with Crippen molar-refractivity contribution < 1.29 is 19.4 Å². The Hall–Kier alpha value is -1.01. The van der Waals surface area contributed by atoms with Gasteiger partial charge in [0.1, 0.15) is 11.0 Å². The molecule has 1 aliphatic heterocycles. The molecule has 0 bridgehead atoms. The number of halogens is 1. The number of likely N-dealkylation sites (tertiary alicyclic amines) is 1. The van der Waals surface area contributed by atoms with E-state index in [2.05, 4.69) is 0 Å². The number of aliphatic hydroxyl groups is 1. The summed E-state index contributed by atoms with van der Waals surface area (Å²) in [5, 5.41) is 10.3. The second-order valence-electron chi connectivity index (χ2n) is 7.51. The van der Waals surface area contributed by atoms with E-state index in [0.29, 0.717) is 38.9 Å². The fraction of sp³-hybridized carbons (Fsp3) is 0.882. The summed E-state index contributed by atoms with van der Waals surface area (Å²) in [5.41, 5.74) is -1.55. The minimum Gasteiger partial charge on any atom is -0.444 e. The molecule has 0 saturated carbocycles. The summed E-state index contributed by atoms with van der Waals surface area (Å²) in [6.07, 6.45) is 1.25. The topological polar surface area (TPSA) is 70.1 Å². The fourth-order valence-electron chi connectivity index (χ4n) is 2.80. The van der Waals surface area contributed by atoms with E-state index in [-0.39, 0.29) is 18.5 Å². The van der Waals surface area contributed by atoms with Crippen molar-refractivity contribution in [2.45, 2.75) is 70.5 Å². The second-order valence-corrected chi connectivity index (χ2v) is 8.17. The predicted octanol–water partition coefficient (Wildman–Crippen LogP) is 2.61. The van der Waals surface area contributed by atoms with Gasteiger partial charge in [0, 0.05) is 26.2 Å². The molecular weight excluding hydrogens is 332 g/mol. The van der Waals surface area contributed by atoms with Crippen molar-refractivity contribution in [3.8, 4) is 0 Å². The number of amides is 2. The van der Waals surface area contributed by atoms with E-state index in [1.54, 1.807) is 16.7 Å². The normalized spacial score (nSPS) is 23.4. The Morgan fingerprint density at radius 3 is 2.46 bits per heavy atom. The zero-order valence-electron chi connectivity index (χ0n) is 15.5. The van der Waals surface area contributed by atoms with E-state index in [1.807, 2.05) is 27.7 Å². The number of alkyl halides is 1. The van der Waals surface area contributed by atoms with Crippen LogP contribution in [0.15, 0.2) is 0 Å². The fourth-order valence-corrected chi connectivity index (χ4v) is 2.94. The van der Waals surface area contributed by atoms with Gasteiger partial charge in [0.05, 0.1) is 5.60 Å². The Balaban J connectivity index is 2.69. The molecule has 0 aromatic carbocycles. The predicted molar refractivity (Wildman–Crippen MR) is 94.2 cm³/mol. The SMILES string of the molecule is CCN(CC1(O)CCCN(C(=O)OC(C)(C)C)CC1)C(=O)C(C)Cl. The van der Waals surface area contributed by atoms with Gasteiger partial charge in [-0.05, 0) is 53.9 Å². The summed E-state index contributed by atoms with van der Waals surface area (Å²) in [6.45, 7) is 10.7. The van der Waals surface area contributed by atoms with Crippen LogP contribution in [0.2, 0.25) is 0 Å². The van der Waals surface area contributed by atoms with Gasteiger partial charge in [-0.2, -0.15) is 0 Å². The van der Waals surface area contributed by atoms with Crippen LogP contribution in [0.5, 0.6) is 0 Å². The maximum Gasteiger partial charge on any atom is 0.410 e. The highest BCUT2D eigenvalue weighted by molar-refractivity contribution is 6.30. The van der Waals surface area contributed by atoms with E-state index in [1.165, 1.54) is 0 Å². The Kier molecular flexibility index (Phi) is 7.35. The Labute approximate surface area is 150 Å². The largest absolute Gasteiger partial charge is 0.444 e. The third-order valence-electron chi connectivity index (χ3n) is 4.09. The van der Waals surface area contributed by atoms with Crippen molar-refractivity contribution in [2.75, 3.05) is 26.2 Å². The van der Waals surface area contributed by atoms with Gasteiger partial charge in [-0.15, -0.1) is 11.6 Å². The molecule has 1 N–H and O–H groups in total. The maximum atomic E-state index is 12.2. The van der Waals surface area contributed by atoms with Crippen molar-refractivity contribution >= 4 is 23.6 Å². The number of carbonyl (C=O) groups excluding carboxylic acids is 2. The molecule has 1 fully saturated rings. The molecule has 2 atom stereocenters. The van der Waals surface area contributed by atoms with Gasteiger partial charge in [-0.25, -0.2) is 4.79 Å². The number of hydrogen-bond acceptors (Lipinski definition) is 4. The summed E-state index contributed by atoms with van der Waals surface area (Å²) in [6, 6.07) is 0. The molecule has 0 spiro atoms. The van der Waals surface area contributed by atoms with Crippen LogP contribution in [0.1, 0.15) is 53.9 Å². The average Bonchev–Trinajstić information content (AvgIpc) is 2.64. The van der Waals surface area contributed by atoms with E-state index in [9.17, 15) is 14.7 Å². The van der Waals surface area contributed by atoms with Gasteiger partial charge in [0.2, 0.25) is 5.91 Å². The van der Waals surface area contributed by atoms with Crippen LogP contribution in [0.4, 0.5) is 4.79 Å². The van der Waals surface area contributed by atoms with Crippen molar-refractivity contribution in [1.29, 1.82) is 0 Å². The van der Waals surface area contributed by atoms with Crippen LogP contribution in [-0.4, -0.2) is 69.7 Å². The molecular formula is C17H31ClN2O4. The van der Waals surface area contributed by atoms with Crippen molar-refractivity contribution in [1.82, 2.24) is 9.80 Å². The first kappa shape index (κ1) is 21.0. The molecule has 1 saturated heterocycles. The summed E-state index contributed by atoms with van der Waals surface area (Å²) in [7, 11) is 0. The quantitative estimate of drug-likeness (QED) is 0.780. The zero-order valence-corrected chi connectivity index (χ0v) is 16.2. The highest BCUT2D eigenvalue weighted by Crippen LogP contribution is 2.25. The van der Waals surface area contributed by atoms with Gasteiger partial charge in [0.25, 0.3) is 0 Å². The van der Waals surface area contributed by atoms with Crippen molar-refractivity contribution in [3.05, 3.63) is 0 Å². The lowest BCUT2D eigenvalue weighted by Crippen LogP contribution is -2.48. The minimum absolute atomic E-state index is 0.180. The first-order valence-corrected chi connectivity index (χ1v) is 9.04. The number of ether oxygens (including phenoxy) is 1. The maximum absolute atomic E-state index is 12.2. The average molecular weight is 363 g/mol. The molecule has 1 aliphatic rings. The van der Waals surface area contributed by atoms with Gasteiger partial charge in [-0.1, -0.05) is 0 Å². The van der Waals surface area contributed by atoms with Crippen LogP contribution in [-0.2, 0) is 9.53 Å². The van der Waals surface area contributed by atoms with Crippen molar-refractivity contribution in [2.24, 2.45) is 0 Å². The Morgan fingerprint density at radius 2 is 1.96 bits per heavy atom. The first-order valence-electron chi connectivity index (χ1n) is 8.60. The van der Waals surface area contributed by atoms with Crippen molar-refractivity contribution in [3.63, 3.8) is 0 Å². The van der Waals surface area contributed by atoms with Crippen LogP contribution in [0.25, 0.3) is 0 Å². The van der Waals surface area contributed by atoms with Crippen LogP contribution >= 0.6 is 11.6 Å². The summed E-state index contributed by atoms with van der Waals surface area (Å²) in [4.78, 5) is 27.5.